The smallest absolute Gasteiger partial charge is 0.217 e. The summed E-state index contributed by atoms with van der Waals surface area (Å²) in [4.78, 5) is 13.9. The molecule has 0 saturated heterocycles. The number of rotatable bonds is 5. The van der Waals surface area contributed by atoms with Gasteiger partial charge in [-0.05, 0) is 12.0 Å². The van der Waals surface area contributed by atoms with E-state index in [1.54, 1.807) is 0 Å². The Hall–Kier alpha value is -1.56. The molecular weight excluding hydrogens is 224 g/mol. The van der Waals surface area contributed by atoms with Gasteiger partial charge < -0.3 is 14.8 Å². The number of azide groups is 1. The van der Waals surface area contributed by atoms with Crippen LogP contribution in [0.1, 0.15) is 13.3 Å². The van der Waals surface area contributed by atoms with Crippen molar-refractivity contribution >= 4 is 5.91 Å². The highest BCUT2D eigenvalue weighted by Gasteiger charge is 2.31. The summed E-state index contributed by atoms with van der Waals surface area (Å²) in [5, 5.41) is 6.41. The summed E-state index contributed by atoms with van der Waals surface area (Å²) in [6.45, 7) is 1.53. The van der Waals surface area contributed by atoms with Crippen molar-refractivity contribution in [3.63, 3.8) is 0 Å². The molecule has 0 aliphatic heterocycles. The molecule has 1 aliphatic carbocycles. The summed E-state index contributed by atoms with van der Waals surface area (Å²) in [6, 6.07) is -0.695. The van der Waals surface area contributed by atoms with Crippen LogP contribution in [-0.4, -0.2) is 38.0 Å². The van der Waals surface area contributed by atoms with Crippen LogP contribution in [0.4, 0.5) is 0 Å². The van der Waals surface area contributed by atoms with Gasteiger partial charge in [0.05, 0.1) is 18.2 Å². The minimum absolute atomic E-state index is 0.119. The van der Waals surface area contributed by atoms with E-state index in [2.05, 4.69) is 15.3 Å². The third kappa shape index (κ3) is 4.07. The highest BCUT2D eigenvalue weighted by molar-refractivity contribution is 5.73. The molecule has 7 heteroatoms. The average molecular weight is 240 g/mol. The fourth-order valence-corrected chi connectivity index (χ4v) is 1.74. The molecule has 0 radical (unpaired) electrons. The van der Waals surface area contributed by atoms with Crippen molar-refractivity contribution in [2.45, 2.75) is 31.5 Å². The summed E-state index contributed by atoms with van der Waals surface area (Å²) >= 11 is 0. The van der Waals surface area contributed by atoms with Crippen LogP contribution in [-0.2, 0) is 14.3 Å². The van der Waals surface area contributed by atoms with E-state index < -0.39 is 0 Å². The van der Waals surface area contributed by atoms with E-state index in [4.69, 9.17) is 15.0 Å². The Morgan fingerprint density at radius 3 is 3.06 bits per heavy atom. The van der Waals surface area contributed by atoms with Gasteiger partial charge in [0.2, 0.25) is 5.91 Å². The predicted molar refractivity (Wildman–Crippen MR) is 61.0 cm³/mol. The molecule has 0 aromatic heterocycles. The van der Waals surface area contributed by atoms with Gasteiger partial charge in [0.25, 0.3) is 0 Å². The second kappa shape index (κ2) is 6.90. The van der Waals surface area contributed by atoms with Crippen LogP contribution in [0.5, 0.6) is 0 Å². The number of carbonyl (C=O) groups is 1. The van der Waals surface area contributed by atoms with E-state index in [0.29, 0.717) is 6.42 Å². The Bertz CT molecular complexity index is 338. The zero-order valence-electron chi connectivity index (χ0n) is 9.87. The van der Waals surface area contributed by atoms with Gasteiger partial charge in [-0.1, -0.05) is 17.3 Å². The molecule has 0 saturated carbocycles. The molecule has 0 bridgehead atoms. The zero-order chi connectivity index (χ0) is 12.7. The Morgan fingerprint density at radius 2 is 2.47 bits per heavy atom. The summed E-state index contributed by atoms with van der Waals surface area (Å²) in [7, 11) is 1.52. The molecule has 1 amide bonds. The third-order valence-electron chi connectivity index (χ3n) is 2.42. The zero-order valence-corrected chi connectivity index (χ0v) is 9.87. The van der Waals surface area contributed by atoms with Crippen molar-refractivity contribution in [1.29, 1.82) is 0 Å². The van der Waals surface area contributed by atoms with Gasteiger partial charge >= 0.3 is 0 Å². The Kier molecular flexibility index (Phi) is 5.48. The number of amides is 1. The third-order valence-corrected chi connectivity index (χ3v) is 2.42. The number of nitrogens with one attached hydrogen (secondary N) is 1. The molecule has 0 heterocycles. The highest BCUT2D eigenvalue weighted by Crippen LogP contribution is 2.19. The van der Waals surface area contributed by atoms with Crippen molar-refractivity contribution in [3.8, 4) is 0 Å². The fourth-order valence-electron chi connectivity index (χ4n) is 1.74. The van der Waals surface area contributed by atoms with E-state index in [0.717, 1.165) is 0 Å². The first-order valence-electron chi connectivity index (χ1n) is 5.27. The van der Waals surface area contributed by atoms with E-state index in [1.807, 2.05) is 12.2 Å². The second-order valence-electron chi connectivity index (χ2n) is 3.70. The van der Waals surface area contributed by atoms with Gasteiger partial charge in [0.1, 0.15) is 6.79 Å². The van der Waals surface area contributed by atoms with Crippen molar-refractivity contribution in [1.82, 2.24) is 5.32 Å². The van der Waals surface area contributed by atoms with Gasteiger partial charge in [-0.15, -0.1) is 0 Å². The molecule has 17 heavy (non-hydrogen) atoms. The molecule has 7 nitrogen and oxygen atoms in total. The first-order chi connectivity index (χ1) is 8.19. The predicted octanol–water partition coefficient (Wildman–Crippen LogP) is 1.12. The molecule has 3 atom stereocenters. The lowest BCUT2D eigenvalue weighted by Crippen LogP contribution is -2.51. The molecule has 3 unspecified atom stereocenters. The number of hydrogen-bond acceptors (Lipinski definition) is 4. The average Bonchev–Trinajstić information content (AvgIpc) is 2.29. The van der Waals surface area contributed by atoms with Crippen LogP contribution in [0, 0.1) is 0 Å². The van der Waals surface area contributed by atoms with Crippen molar-refractivity contribution in [3.05, 3.63) is 22.6 Å². The lowest BCUT2D eigenvalue weighted by Gasteiger charge is -2.32. The summed E-state index contributed by atoms with van der Waals surface area (Å²) < 4.78 is 10.2. The Morgan fingerprint density at radius 1 is 1.71 bits per heavy atom. The first kappa shape index (κ1) is 13.5. The fraction of sp³-hybridized carbons (Fsp3) is 0.700. The number of nitrogens with zero attached hydrogens (tertiary/aromatic N) is 3. The monoisotopic (exact) mass is 240 g/mol. The standard InChI is InChI=1S/C10H16N4O3/c1-7(15)12-10-8(13-14-11)4-3-5-9(10)17-6-16-2/h3,5,8-10H,4,6H2,1-2H3,(H,12,15). The quantitative estimate of drug-likeness (QED) is 0.256. The summed E-state index contributed by atoms with van der Waals surface area (Å²) in [5.74, 6) is -0.186. The molecule has 0 aromatic carbocycles. The SMILES string of the molecule is COCOC1C=CCC(N=[N+]=[N-])C1NC(C)=O. The first-order valence-corrected chi connectivity index (χ1v) is 5.27. The van der Waals surface area contributed by atoms with Gasteiger partial charge in [-0.2, -0.15) is 0 Å². The molecule has 1 rings (SSSR count). The molecule has 0 fully saturated rings. The van der Waals surface area contributed by atoms with Crippen LogP contribution >= 0.6 is 0 Å². The second-order valence-corrected chi connectivity index (χ2v) is 3.70. The minimum atomic E-state index is -0.358. The largest absolute Gasteiger partial charge is 0.359 e. The van der Waals surface area contributed by atoms with Crippen LogP contribution in [0.2, 0.25) is 0 Å². The van der Waals surface area contributed by atoms with Crippen molar-refractivity contribution in [2.24, 2.45) is 5.11 Å². The van der Waals surface area contributed by atoms with E-state index >= 15 is 0 Å². The number of ether oxygens (including phenoxy) is 2. The molecular formula is C10H16N4O3. The lowest BCUT2D eigenvalue weighted by atomic mass is 9.94. The van der Waals surface area contributed by atoms with E-state index in [-0.39, 0.29) is 30.9 Å². The van der Waals surface area contributed by atoms with Crippen LogP contribution in [0.25, 0.3) is 10.4 Å². The Balaban J connectivity index is 2.77. The lowest BCUT2D eigenvalue weighted by molar-refractivity contribution is -0.122. The van der Waals surface area contributed by atoms with Crippen LogP contribution in [0.15, 0.2) is 17.3 Å². The highest BCUT2D eigenvalue weighted by atomic mass is 16.7. The molecule has 1 N–H and O–H groups in total. The van der Waals surface area contributed by atoms with Gasteiger partial charge in [0, 0.05) is 18.9 Å². The summed E-state index contributed by atoms with van der Waals surface area (Å²) in [6.07, 6.45) is 3.95. The van der Waals surface area contributed by atoms with Crippen molar-refractivity contribution in [2.75, 3.05) is 13.9 Å². The topological polar surface area (TPSA) is 96.3 Å². The summed E-state index contributed by atoms with van der Waals surface area (Å²) in [5.41, 5.74) is 8.49. The van der Waals surface area contributed by atoms with E-state index in [9.17, 15) is 4.79 Å². The van der Waals surface area contributed by atoms with Gasteiger partial charge in [-0.3, -0.25) is 4.79 Å². The normalized spacial score (nSPS) is 27.3. The molecule has 94 valence electrons. The van der Waals surface area contributed by atoms with Crippen LogP contribution < -0.4 is 5.32 Å². The van der Waals surface area contributed by atoms with E-state index in [1.165, 1.54) is 14.0 Å². The maximum absolute atomic E-state index is 11.1. The number of methoxy groups -OCH3 is 1. The minimum Gasteiger partial charge on any atom is -0.359 e. The number of carbonyl (C=O) groups excluding carboxylic acids is 1. The molecule has 0 aromatic rings. The molecule has 1 aliphatic rings. The maximum Gasteiger partial charge on any atom is 0.217 e. The Labute approximate surface area is 99.4 Å². The van der Waals surface area contributed by atoms with Crippen LogP contribution in [0.3, 0.4) is 0 Å². The van der Waals surface area contributed by atoms with Gasteiger partial charge in [0.15, 0.2) is 0 Å². The van der Waals surface area contributed by atoms with Gasteiger partial charge in [-0.25, -0.2) is 0 Å². The number of hydrogen-bond donors (Lipinski definition) is 1. The van der Waals surface area contributed by atoms with Crippen molar-refractivity contribution < 1.29 is 14.3 Å². The maximum atomic E-state index is 11.1. The molecule has 0 spiro atoms.